The smallest absolute Gasteiger partial charge is 0.416 e. The number of imide groups is 1. The van der Waals surface area contributed by atoms with Crippen molar-refractivity contribution in [2.75, 3.05) is 26.9 Å². The van der Waals surface area contributed by atoms with Crippen molar-refractivity contribution in [3.8, 4) is 0 Å². The van der Waals surface area contributed by atoms with Gasteiger partial charge in [-0.15, -0.1) is 0 Å². The molecule has 0 spiro atoms. The van der Waals surface area contributed by atoms with E-state index in [0.29, 0.717) is 23.1 Å². The molecular weight excluding hydrogens is 838 g/mol. The Hall–Kier alpha value is -4.41. The summed E-state index contributed by atoms with van der Waals surface area (Å²) in [5.74, 6) is -1.42. The molecule has 1 aromatic heterocycles. The second kappa shape index (κ2) is 21.9. The largest absolute Gasteiger partial charge is 0.461 e. The number of aliphatic hydroxyl groups is 1. The minimum atomic E-state index is -1.16. The summed E-state index contributed by atoms with van der Waals surface area (Å²) in [6.45, 7) is 5.63. The van der Waals surface area contributed by atoms with Crippen LogP contribution in [0.5, 0.6) is 0 Å². The Kier molecular flexibility index (Phi) is 16.5. The van der Waals surface area contributed by atoms with E-state index < -0.39 is 66.7 Å². The van der Waals surface area contributed by atoms with Crippen LogP contribution in [0.4, 0.5) is 4.79 Å². The number of carbonyl (C=O) groups excluding carboxylic acids is 3. The van der Waals surface area contributed by atoms with Gasteiger partial charge in [0.25, 0.3) is 0 Å². The first kappa shape index (κ1) is 45.1. The predicted octanol–water partition coefficient (Wildman–Crippen LogP) is 7.36. The van der Waals surface area contributed by atoms with Gasteiger partial charge in [0.1, 0.15) is 42.5 Å². The van der Waals surface area contributed by atoms with Crippen molar-refractivity contribution in [3.05, 3.63) is 130 Å². The van der Waals surface area contributed by atoms with Crippen molar-refractivity contribution in [2.45, 2.75) is 96.1 Å². The van der Waals surface area contributed by atoms with E-state index >= 15 is 0 Å². The molecule has 2 aliphatic heterocycles. The minimum Gasteiger partial charge on any atom is -0.461 e. The molecule has 14 heteroatoms. The summed E-state index contributed by atoms with van der Waals surface area (Å²) in [5, 5.41) is 10.4. The number of amides is 2. The van der Waals surface area contributed by atoms with Crippen LogP contribution in [-0.4, -0.2) is 91.7 Å². The van der Waals surface area contributed by atoms with E-state index in [0.717, 1.165) is 21.6 Å². The van der Waals surface area contributed by atoms with E-state index in [1.165, 1.54) is 14.0 Å². The molecule has 0 saturated carbocycles. The number of esters is 1. The molecule has 13 nitrogen and oxygen atoms in total. The fraction of sp³-hybridized carbons (Fsp3) is 0.457. The Labute approximate surface area is 359 Å². The lowest BCUT2D eigenvalue weighted by atomic mass is 9.90. The number of carbonyl (C=O) groups is 3. The van der Waals surface area contributed by atoms with Crippen LogP contribution in [0.2, 0.25) is 0 Å². The zero-order valence-corrected chi connectivity index (χ0v) is 35.9. The molecule has 6 rings (SSSR count). The number of cyclic esters (lactones) is 1. The van der Waals surface area contributed by atoms with Crippen LogP contribution in [0.1, 0.15) is 61.5 Å². The van der Waals surface area contributed by atoms with E-state index in [2.05, 4.69) is 15.9 Å². The van der Waals surface area contributed by atoms with Crippen LogP contribution in [0.3, 0.4) is 0 Å². The molecular formula is C46H54BrNO12. The number of nitrogens with zero attached hydrogens (tertiary/aromatic N) is 1. The van der Waals surface area contributed by atoms with Gasteiger partial charge >= 0.3 is 12.1 Å². The maximum Gasteiger partial charge on any atom is 0.416 e. The van der Waals surface area contributed by atoms with Crippen LogP contribution >= 0.6 is 15.9 Å². The van der Waals surface area contributed by atoms with Gasteiger partial charge in [0.05, 0.1) is 36.3 Å². The zero-order chi connectivity index (χ0) is 42.6. The first-order valence-corrected chi connectivity index (χ1v) is 21.1. The number of methoxy groups -OCH3 is 1. The van der Waals surface area contributed by atoms with Crippen LogP contribution in [-0.2, 0) is 68.8 Å². The Morgan fingerprint density at radius 1 is 0.867 bits per heavy atom. The van der Waals surface area contributed by atoms with Crippen molar-refractivity contribution in [1.29, 1.82) is 0 Å². The minimum absolute atomic E-state index is 0.0645. The number of aliphatic hydroxyl groups excluding tert-OH is 1. The normalized spacial score (nSPS) is 22.7. The Bertz CT molecular complexity index is 1960. The standard InChI is InChI=1S/C46H54BrNO12/c1-29(2)36-28-57-46(52)48(36)44(51)34(23-31-15-8-5-9-16-31)40(58-30(3)50)38-24-35(47)37(59-38)21-14-22-54-43-42(56-27-33-19-12-7-13-20-33)41(39(25-49)60-45(43)53-4)55-26-32-17-10-6-11-18-32/h5-13,15-20,24,29,34,36,39-43,45,49H,14,21-23,25-28H2,1-4H3/t34-,36+,39-,40-,41-,42+,43+,45+/m1/s1. The third kappa shape index (κ3) is 11.5. The quantitative estimate of drug-likeness (QED) is 0.0697. The highest BCUT2D eigenvalue weighted by Crippen LogP contribution is 2.38. The molecule has 3 heterocycles. The Morgan fingerprint density at radius 3 is 2.03 bits per heavy atom. The number of hydrogen-bond donors (Lipinski definition) is 1. The number of furan rings is 1. The lowest BCUT2D eigenvalue weighted by Gasteiger charge is -2.45. The molecule has 8 atom stereocenters. The van der Waals surface area contributed by atoms with Gasteiger partial charge in [0.15, 0.2) is 12.4 Å². The van der Waals surface area contributed by atoms with Crippen molar-refractivity contribution in [1.82, 2.24) is 4.90 Å². The average Bonchev–Trinajstić information content (AvgIpc) is 3.84. The highest BCUT2D eigenvalue weighted by molar-refractivity contribution is 9.10. The second-order valence-electron chi connectivity index (χ2n) is 15.3. The maximum atomic E-state index is 14.4. The van der Waals surface area contributed by atoms with Crippen molar-refractivity contribution in [3.63, 3.8) is 0 Å². The third-order valence-electron chi connectivity index (χ3n) is 10.7. The molecule has 1 N–H and O–H groups in total. The molecule has 2 saturated heterocycles. The van der Waals surface area contributed by atoms with Gasteiger partial charge in [0.2, 0.25) is 5.91 Å². The van der Waals surface area contributed by atoms with Gasteiger partial charge in [-0.25, -0.2) is 9.69 Å². The van der Waals surface area contributed by atoms with Crippen molar-refractivity contribution in [2.24, 2.45) is 11.8 Å². The fourth-order valence-electron chi connectivity index (χ4n) is 7.57. The fourth-order valence-corrected chi connectivity index (χ4v) is 8.08. The Balaban J connectivity index is 1.20. The molecule has 0 radical (unpaired) electrons. The SMILES string of the molecule is CO[C@H]1O[C@H](CO)[C@@H](OCc2ccccc2)[C@H](OCc2ccccc2)[C@@H]1OCCCc1oc([C@H](OC(C)=O)[C@@H](Cc2ccccc2)C(=O)N2C(=O)OC[C@H]2C(C)C)cc1Br. The van der Waals surface area contributed by atoms with Crippen molar-refractivity contribution >= 4 is 33.9 Å². The summed E-state index contributed by atoms with van der Waals surface area (Å²) in [4.78, 5) is 41.2. The molecule has 322 valence electrons. The van der Waals surface area contributed by atoms with Crippen LogP contribution in [0.25, 0.3) is 0 Å². The zero-order valence-electron chi connectivity index (χ0n) is 34.4. The summed E-state index contributed by atoms with van der Waals surface area (Å²) >= 11 is 3.63. The maximum absolute atomic E-state index is 14.4. The van der Waals surface area contributed by atoms with Gasteiger partial charge in [0, 0.05) is 27.1 Å². The third-order valence-corrected chi connectivity index (χ3v) is 11.3. The van der Waals surface area contributed by atoms with E-state index in [-0.39, 0.29) is 51.1 Å². The van der Waals surface area contributed by atoms with Gasteiger partial charge < -0.3 is 42.7 Å². The number of hydrogen-bond acceptors (Lipinski definition) is 12. The van der Waals surface area contributed by atoms with Crippen molar-refractivity contribution < 1.29 is 57.1 Å². The topological polar surface area (TPSA) is 152 Å². The summed E-state index contributed by atoms with van der Waals surface area (Å²) in [6, 6.07) is 30.0. The molecule has 2 aliphatic rings. The predicted molar refractivity (Wildman–Crippen MR) is 222 cm³/mol. The van der Waals surface area contributed by atoms with E-state index in [4.69, 9.17) is 37.6 Å². The van der Waals surface area contributed by atoms with Gasteiger partial charge in [-0.3, -0.25) is 9.59 Å². The molecule has 60 heavy (non-hydrogen) atoms. The highest BCUT2D eigenvalue weighted by atomic mass is 79.9. The lowest BCUT2D eigenvalue weighted by Crippen LogP contribution is -2.61. The van der Waals surface area contributed by atoms with Crippen LogP contribution < -0.4 is 0 Å². The highest BCUT2D eigenvalue weighted by Gasteiger charge is 2.49. The van der Waals surface area contributed by atoms with E-state index in [9.17, 15) is 19.5 Å². The number of halogens is 1. The Morgan fingerprint density at radius 2 is 1.47 bits per heavy atom. The molecule has 2 amide bonds. The molecule has 0 unspecified atom stereocenters. The molecule has 2 fully saturated rings. The first-order valence-electron chi connectivity index (χ1n) is 20.3. The first-order chi connectivity index (χ1) is 29.1. The number of rotatable bonds is 20. The van der Waals surface area contributed by atoms with Gasteiger partial charge in [-0.05, 0) is 57.4 Å². The van der Waals surface area contributed by atoms with E-state index in [1.807, 2.05) is 105 Å². The summed E-state index contributed by atoms with van der Waals surface area (Å²) in [6.07, 6.45) is -4.57. The van der Waals surface area contributed by atoms with Crippen LogP contribution in [0, 0.1) is 11.8 Å². The summed E-state index contributed by atoms with van der Waals surface area (Å²) < 4.78 is 49.6. The molecule has 4 aromatic rings. The summed E-state index contributed by atoms with van der Waals surface area (Å²) in [5.41, 5.74) is 2.72. The monoisotopic (exact) mass is 891 g/mol. The number of aryl methyl sites for hydroxylation is 1. The second-order valence-corrected chi connectivity index (χ2v) is 16.1. The van der Waals surface area contributed by atoms with Crippen LogP contribution in [0.15, 0.2) is 106 Å². The van der Waals surface area contributed by atoms with Gasteiger partial charge in [-0.1, -0.05) is 105 Å². The molecule has 0 bridgehead atoms. The summed E-state index contributed by atoms with van der Waals surface area (Å²) in [7, 11) is 1.52. The number of ether oxygens (including phenoxy) is 7. The van der Waals surface area contributed by atoms with E-state index in [1.54, 1.807) is 6.07 Å². The average molecular weight is 893 g/mol. The number of benzene rings is 3. The molecule has 3 aromatic carbocycles. The van der Waals surface area contributed by atoms with Gasteiger partial charge in [-0.2, -0.15) is 0 Å². The lowest BCUT2D eigenvalue weighted by molar-refractivity contribution is -0.319. The molecule has 0 aliphatic carbocycles.